The fourth-order valence-electron chi connectivity index (χ4n) is 2.93. The summed E-state index contributed by atoms with van der Waals surface area (Å²) >= 11 is 0. The number of hydrogen-bond acceptors (Lipinski definition) is 3. The van der Waals surface area contributed by atoms with Crippen LogP contribution in [0.25, 0.3) is 0 Å². The highest BCUT2D eigenvalue weighted by molar-refractivity contribution is 5.76. The summed E-state index contributed by atoms with van der Waals surface area (Å²) < 4.78 is 45.2. The van der Waals surface area contributed by atoms with E-state index in [-0.39, 0.29) is 30.5 Å². The fraction of sp³-hybridized carbons (Fsp3) is 0.733. The molecular formula is C15H20F3N3O2. The number of nitrogens with zero attached hydrogens (tertiary/aromatic N) is 2. The van der Waals surface area contributed by atoms with E-state index >= 15 is 0 Å². The third-order valence-electron chi connectivity index (χ3n) is 4.30. The molecule has 0 spiro atoms. The van der Waals surface area contributed by atoms with Gasteiger partial charge in [0.05, 0.1) is 12.1 Å². The van der Waals surface area contributed by atoms with Crippen molar-refractivity contribution in [2.45, 2.75) is 63.4 Å². The number of hydrogen-bond donors (Lipinski definition) is 1. The van der Waals surface area contributed by atoms with Gasteiger partial charge in [0, 0.05) is 18.2 Å². The quantitative estimate of drug-likeness (QED) is 0.902. The summed E-state index contributed by atoms with van der Waals surface area (Å²) in [7, 11) is 0. The van der Waals surface area contributed by atoms with Crippen molar-refractivity contribution >= 4 is 5.91 Å². The van der Waals surface area contributed by atoms with Gasteiger partial charge >= 0.3 is 6.18 Å². The lowest BCUT2D eigenvalue weighted by molar-refractivity contribution is -0.141. The number of aromatic nitrogens is 2. The maximum atomic E-state index is 12.8. The number of ether oxygens (including phenoxy) is 1. The maximum absolute atomic E-state index is 12.8. The highest BCUT2D eigenvalue weighted by Crippen LogP contribution is 2.42. The van der Waals surface area contributed by atoms with Gasteiger partial charge in [-0.15, -0.1) is 0 Å². The van der Waals surface area contributed by atoms with Crippen molar-refractivity contribution < 1.29 is 22.7 Å². The third-order valence-corrected chi connectivity index (χ3v) is 4.30. The molecule has 1 aliphatic carbocycles. The summed E-state index contributed by atoms with van der Waals surface area (Å²) in [5.74, 6) is -0.256. The zero-order chi connectivity index (χ0) is 16.6. The molecule has 128 valence electrons. The van der Waals surface area contributed by atoms with Gasteiger partial charge in [0.1, 0.15) is 6.54 Å². The Bertz CT molecular complexity index is 575. The van der Waals surface area contributed by atoms with Crippen LogP contribution >= 0.6 is 0 Å². The fourth-order valence-corrected chi connectivity index (χ4v) is 2.93. The van der Waals surface area contributed by atoms with Gasteiger partial charge in [-0.2, -0.15) is 18.3 Å². The molecule has 2 atom stereocenters. The van der Waals surface area contributed by atoms with Gasteiger partial charge in [-0.25, -0.2) is 0 Å². The summed E-state index contributed by atoms with van der Waals surface area (Å²) in [6.45, 7) is 2.34. The van der Waals surface area contributed by atoms with Crippen molar-refractivity contribution in [2.24, 2.45) is 0 Å². The van der Waals surface area contributed by atoms with Crippen LogP contribution < -0.4 is 5.32 Å². The van der Waals surface area contributed by atoms with Crippen molar-refractivity contribution in [2.75, 3.05) is 6.61 Å². The zero-order valence-electron chi connectivity index (χ0n) is 12.9. The molecule has 2 fully saturated rings. The van der Waals surface area contributed by atoms with E-state index in [9.17, 15) is 18.0 Å². The van der Waals surface area contributed by atoms with E-state index in [1.54, 1.807) is 0 Å². The molecule has 1 aliphatic heterocycles. The molecule has 1 aromatic heterocycles. The number of amides is 1. The predicted molar refractivity (Wildman–Crippen MR) is 75.8 cm³/mol. The lowest BCUT2D eigenvalue weighted by Crippen LogP contribution is -2.42. The average molecular weight is 331 g/mol. The predicted octanol–water partition coefficient (Wildman–Crippen LogP) is 2.46. The minimum Gasteiger partial charge on any atom is -0.376 e. The molecule has 1 aromatic rings. The molecule has 1 saturated heterocycles. The molecular weight excluding hydrogens is 311 g/mol. The largest absolute Gasteiger partial charge is 0.435 e. The van der Waals surface area contributed by atoms with Gasteiger partial charge in [0.2, 0.25) is 5.91 Å². The van der Waals surface area contributed by atoms with Crippen LogP contribution in [-0.2, 0) is 22.3 Å². The first-order chi connectivity index (χ1) is 10.8. The molecule has 0 bridgehead atoms. The minimum atomic E-state index is -4.49. The van der Waals surface area contributed by atoms with Crippen LogP contribution in [0.1, 0.15) is 49.9 Å². The molecule has 0 radical (unpaired) electrons. The van der Waals surface area contributed by atoms with Gasteiger partial charge in [-0.3, -0.25) is 9.48 Å². The normalized spacial score (nSPS) is 23.0. The Balaban J connectivity index is 1.66. The van der Waals surface area contributed by atoms with E-state index in [1.807, 2.05) is 6.92 Å². The van der Waals surface area contributed by atoms with Crippen LogP contribution in [0.15, 0.2) is 6.07 Å². The van der Waals surface area contributed by atoms with E-state index in [1.165, 1.54) is 4.68 Å². The highest BCUT2D eigenvalue weighted by atomic mass is 19.4. The van der Waals surface area contributed by atoms with Crippen LogP contribution in [0.5, 0.6) is 0 Å². The Morgan fingerprint density at radius 2 is 2.22 bits per heavy atom. The monoisotopic (exact) mass is 331 g/mol. The van der Waals surface area contributed by atoms with Crippen molar-refractivity contribution in [3.63, 3.8) is 0 Å². The first-order valence-corrected chi connectivity index (χ1v) is 7.90. The average Bonchev–Trinajstić information content (AvgIpc) is 3.00. The molecule has 1 amide bonds. The van der Waals surface area contributed by atoms with Gasteiger partial charge in [0.15, 0.2) is 5.69 Å². The number of carbonyl (C=O) groups is 1. The number of rotatable bonds is 5. The lowest BCUT2D eigenvalue weighted by atomic mass is 10.1. The summed E-state index contributed by atoms with van der Waals surface area (Å²) in [6.07, 6.45) is -0.978. The summed E-state index contributed by atoms with van der Waals surface area (Å²) in [4.78, 5) is 12.1. The first kappa shape index (κ1) is 16.3. The first-order valence-electron chi connectivity index (χ1n) is 7.90. The maximum Gasteiger partial charge on any atom is 0.435 e. The van der Waals surface area contributed by atoms with Crippen LogP contribution in [0.4, 0.5) is 13.2 Å². The highest BCUT2D eigenvalue weighted by Gasteiger charge is 2.38. The van der Waals surface area contributed by atoms with Gasteiger partial charge < -0.3 is 10.1 Å². The van der Waals surface area contributed by atoms with Gasteiger partial charge in [0.25, 0.3) is 0 Å². The molecule has 3 rings (SSSR count). The SMILES string of the molecule is C[C@H](NC(=O)Cn1nc(C(F)(F)F)cc1C1CC1)[C@@H]1CCCO1. The van der Waals surface area contributed by atoms with Crippen LogP contribution in [0.3, 0.4) is 0 Å². The Morgan fingerprint density at radius 3 is 2.78 bits per heavy atom. The molecule has 23 heavy (non-hydrogen) atoms. The van der Waals surface area contributed by atoms with Crippen LogP contribution in [-0.4, -0.2) is 34.4 Å². The molecule has 5 nitrogen and oxygen atoms in total. The second-order valence-corrected chi connectivity index (χ2v) is 6.29. The summed E-state index contributed by atoms with van der Waals surface area (Å²) in [5, 5.41) is 6.39. The molecule has 8 heteroatoms. The smallest absolute Gasteiger partial charge is 0.376 e. The van der Waals surface area contributed by atoms with Gasteiger partial charge in [-0.1, -0.05) is 0 Å². The molecule has 0 unspecified atom stereocenters. The summed E-state index contributed by atoms with van der Waals surface area (Å²) in [6, 6.07) is 0.904. The molecule has 0 aromatic carbocycles. The lowest BCUT2D eigenvalue weighted by Gasteiger charge is -2.20. The third kappa shape index (κ3) is 3.85. The van der Waals surface area contributed by atoms with Crippen molar-refractivity contribution in [1.29, 1.82) is 0 Å². The van der Waals surface area contributed by atoms with Crippen molar-refractivity contribution in [3.05, 3.63) is 17.5 Å². The molecule has 1 N–H and O–H groups in total. The standard InChI is InChI=1S/C15H20F3N3O2/c1-9(12-3-2-6-23-12)19-14(22)8-21-11(10-4-5-10)7-13(20-21)15(16,17)18/h7,9-10,12H,2-6,8H2,1H3,(H,19,22)/t9-,12-/m0/s1. The Hall–Kier alpha value is -1.57. The second kappa shape index (κ2) is 6.14. The second-order valence-electron chi connectivity index (χ2n) is 6.29. The minimum absolute atomic E-state index is 0.0230. The molecule has 2 heterocycles. The Labute approximate surface area is 132 Å². The molecule has 1 saturated carbocycles. The Morgan fingerprint density at radius 1 is 1.48 bits per heavy atom. The van der Waals surface area contributed by atoms with Gasteiger partial charge in [-0.05, 0) is 38.7 Å². The van der Waals surface area contributed by atoms with E-state index in [2.05, 4.69) is 10.4 Å². The number of halogens is 3. The number of nitrogens with one attached hydrogen (secondary N) is 1. The van der Waals surface area contributed by atoms with E-state index in [0.717, 1.165) is 31.7 Å². The number of alkyl halides is 3. The van der Waals surface area contributed by atoms with E-state index < -0.39 is 11.9 Å². The summed E-state index contributed by atoms with van der Waals surface area (Å²) in [5.41, 5.74) is -0.434. The van der Waals surface area contributed by atoms with E-state index in [0.29, 0.717) is 12.3 Å². The zero-order valence-corrected chi connectivity index (χ0v) is 12.9. The van der Waals surface area contributed by atoms with Crippen molar-refractivity contribution in [1.82, 2.24) is 15.1 Å². The Kier molecular flexibility index (Phi) is 4.35. The van der Waals surface area contributed by atoms with Crippen LogP contribution in [0.2, 0.25) is 0 Å². The van der Waals surface area contributed by atoms with Crippen LogP contribution in [0, 0.1) is 0 Å². The topological polar surface area (TPSA) is 56.2 Å². The number of carbonyl (C=O) groups excluding carboxylic acids is 1. The van der Waals surface area contributed by atoms with Crippen molar-refractivity contribution in [3.8, 4) is 0 Å². The van der Waals surface area contributed by atoms with E-state index in [4.69, 9.17) is 4.74 Å². The molecule has 2 aliphatic rings.